The molecule has 0 bridgehead atoms. The molecule has 0 fully saturated rings. The van der Waals surface area contributed by atoms with Gasteiger partial charge in [-0.3, -0.25) is 4.90 Å². The van der Waals surface area contributed by atoms with Gasteiger partial charge in [0.05, 0.1) is 18.5 Å². The maximum absolute atomic E-state index is 10.9. The number of furan rings is 1. The molecule has 0 aliphatic carbocycles. The van der Waals surface area contributed by atoms with Crippen LogP contribution < -0.4 is 0 Å². The molecule has 0 aliphatic rings. The molecule has 1 aromatic rings. The van der Waals surface area contributed by atoms with E-state index < -0.39 is 5.97 Å². The minimum Gasteiger partial charge on any atom is -0.478 e. The van der Waals surface area contributed by atoms with E-state index in [2.05, 4.69) is 11.0 Å². The summed E-state index contributed by atoms with van der Waals surface area (Å²) in [5.74, 6) is 0.00895. The molecule has 1 heterocycles. The predicted octanol–water partition coefficient (Wildman–Crippen LogP) is 2.27. The van der Waals surface area contributed by atoms with E-state index in [-0.39, 0.29) is 11.5 Å². The zero-order chi connectivity index (χ0) is 13.7. The van der Waals surface area contributed by atoms with Crippen LogP contribution in [0.25, 0.3) is 0 Å². The van der Waals surface area contributed by atoms with Crippen molar-refractivity contribution < 1.29 is 14.3 Å². The molecule has 98 valence electrons. The fraction of sp³-hybridized carbons (Fsp3) is 0.538. The molecule has 1 aromatic heterocycles. The van der Waals surface area contributed by atoms with Crippen LogP contribution in [0.4, 0.5) is 0 Å². The third kappa shape index (κ3) is 3.60. The third-order valence-electron chi connectivity index (χ3n) is 2.78. The average Bonchev–Trinajstić information content (AvgIpc) is 2.69. The molecule has 0 aliphatic heterocycles. The van der Waals surface area contributed by atoms with Crippen LogP contribution in [-0.2, 0) is 6.54 Å². The van der Waals surface area contributed by atoms with Gasteiger partial charge in [-0.15, -0.1) is 0 Å². The summed E-state index contributed by atoms with van der Waals surface area (Å²) < 4.78 is 5.42. The molecule has 5 heteroatoms. The SMILES string of the molecule is CCN(Cc1cc(C(=O)O)c(C)o1)CC(C)C#N. The molecule has 0 radical (unpaired) electrons. The van der Waals surface area contributed by atoms with Crippen LogP contribution in [0.15, 0.2) is 10.5 Å². The van der Waals surface area contributed by atoms with E-state index in [0.717, 1.165) is 6.54 Å². The quantitative estimate of drug-likeness (QED) is 0.838. The van der Waals surface area contributed by atoms with Crippen molar-refractivity contribution >= 4 is 5.97 Å². The summed E-state index contributed by atoms with van der Waals surface area (Å²) >= 11 is 0. The minimum absolute atomic E-state index is 0.0556. The highest BCUT2D eigenvalue weighted by molar-refractivity contribution is 5.88. The first-order chi connectivity index (χ1) is 8.47. The van der Waals surface area contributed by atoms with Gasteiger partial charge in [0, 0.05) is 6.54 Å². The maximum Gasteiger partial charge on any atom is 0.339 e. The van der Waals surface area contributed by atoms with E-state index >= 15 is 0 Å². The number of aryl methyl sites for hydroxylation is 1. The molecular formula is C13H18N2O3. The Morgan fingerprint density at radius 1 is 1.67 bits per heavy atom. The Morgan fingerprint density at radius 3 is 2.78 bits per heavy atom. The highest BCUT2D eigenvalue weighted by Crippen LogP contribution is 2.16. The molecule has 5 nitrogen and oxygen atoms in total. The number of hydrogen-bond donors (Lipinski definition) is 1. The normalized spacial score (nSPS) is 12.4. The molecule has 0 saturated heterocycles. The van der Waals surface area contributed by atoms with Gasteiger partial charge in [0.1, 0.15) is 17.1 Å². The molecule has 1 rings (SSSR count). The molecule has 1 N–H and O–H groups in total. The Kier molecular flexibility index (Phi) is 4.93. The van der Waals surface area contributed by atoms with Gasteiger partial charge >= 0.3 is 5.97 Å². The van der Waals surface area contributed by atoms with E-state index in [1.807, 2.05) is 13.8 Å². The monoisotopic (exact) mass is 250 g/mol. The van der Waals surface area contributed by atoms with Crippen LogP contribution in [0.2, 0.25) is 0 Å². The topological polar surface area (TPSA) is 77.5 Å². The van der Waals surface area contributed by atoms with Gasteiger partial charge in [0.15, 0.2) is 0 Å². The van der Waals surface area contributed by atoms with Crippen LogP contribution in [0.3, 0.4) is 0 Å². The predicted molar refractivity (Wildman–Crippen MR) is 66.1 cm³/mol. The standard InChI is InChI=1S/C13H18N2O3/c1-4-15(7-9(2)6-14)8-11-5-12(13(16)17)10(3)18-11/h5,9H,4,7-8H2,1-3H3,(H,16,17). The highest BCUT2D eigenvalue weighted by Gasteiger charge is 2.16. The summed E-state index contributed by atoms with van der Waals surface area (Å²) in [6.07, 6.45) is 0. The van der Waals surface area contributed by atoms with Crippen molar-refractivity contribution in [2.45, 2.75) is 27.3 Å². The third-order valence-corrected chi connectivity index (χ3v) is 2.78. The van der Waals surface area contributed by atoms with E-state index in [4.69, 9.17) is 14.8 Å². The van der Waals surface area contributed by atoms with Gasteiger partial charge in [0.25, 0.3) is 0 Å². The number of carboxylic acids is 1. The average molecular weight is 250 g/mol. The molecule has 0 aromatic carbocycles. The number of nitrogens with zero attached hydrogens (tertiary/aromatic N) is 2. The first kappa shape index (κ1) is 14.3. The van der Waals surface area contributed by atoms with Crippen LogP contribution in [0, 0.1) is 24.2 Å². The van der Waals surface area contributed by atoms with Crippen molar-refractivity contribution in [1.29, 1.82) is 5.26 Å². The van der Waals surface area contributed by atoms with E-state index in [9.17, 15) is 4.79 Å². The number of carboxylic acid groups (broad SMARTS) is 1. The maximum atomic E-state index is 10.9. The summed E-state index contributed by atoms with van der Waals surface area (Å²) in [4.78, 5) is 13.0. The summed E-state index contributed by atoms with van der Waals surface area (Å²) in [5.41, 5.74) is 0.203. The van der Waals surface area contributed by atoms with Gasteiger partial charge in [-0.1, -0.05) is 6.92 Å². The van der Waals surface area contributed by atoms with Crippen molar-refractivity contribution in [3.05, 3.63) is 23.2 Å². The van der Waals surface area contributed by atoms with Crippen LogP contribution in [-0.4, -0.2) is 29.1 Å². The van der Waals surface area contributed by atoms with Crippen LogP contribution >= 0.6 is 0 Å². The van der Waals surface area contributed by atoms with Crippen molar-refractivity contribution in [1.82, 2.24) is 4.90 Å². The summed E-state index contributed by atoms with van der Waals surface area (Å²) in [5, 5.41) is 17.7. The molecule has 1 unspecified atom stereocenters. The Morgan fingerprint density at radius 2 is 2.33 bits per heavy atom. The number of carbonyl (C=O) groups is 1. The number of hydrogen-bond acceptors (Lipinski definition) is 4. The number of nitriles is 1. The molecule has 0 saturated carbocycles. The largest absolute Gasteiger partial charge is 0.478 e. The van der Waals surface area contributed by atoms with Gasteiger partial charge in [0.2, 0.25) is 0 Å². The molecule has 0 spiro atoms. The van der Waals surface area contributed by atoms with Gasteiger partial charge in [-0.25, -0.2) is 4.79 Å². The lowest BCUT2D eigenvalue weighted by Crippen LogP contribution is -2.27. The Labute approximate surface area is 107 Å². The lowest BCUT2D eigenvalue weighted by molar-refractivity contribution is 0.0695. The van der Waals surface area contributed by atoms with E-state index in [1.54, 1.807) is 13.0 Å². The molecule has 18 heavy (non-hydrogen) atoms. The smallest absolute Gasteiger partial charge is 0.339 e. The second-order valence-electron chi connectivity index (χ2n) is 4.35. The van der Waals surface area contributed by atoms with Crippen molar-refractivity contribution in [3.63, 3.8) is 0 Å². The van der Waals surface area contributed by atoms with E-state index in [1.165, 1.54) is 0 Å². The van der Waals surface area contributed by atoms with Gasteiger partial charge < -0.3 is 9.52 Å². The fourth-order valence-electron chi connectivity index (χ4n) is 1.79. The van der Waals surface area contributed by atoms with E-state index in [0.29, 0.717) is 24.6 Å². The summed E-state index contributed by atoms with van der Waals surface area (Å²) in [6.45, 7) is 7.46. The Hall–Kier alpha value is -1.80. The second-order valence-corrected chi connectivity index (χ2v) is 4.35. The summed E-state index contributed by atoms with van der Waals surface area (Å²) in [7, 11) is 0. The Bertz CT molecular complexity index is 459. The van der Waals surface area contributed by atoms with Crippen molar-refractivity contribution in [2.24, 2.45) is 5.92 Å². The molecular weight excluding hydrogens is 232 g/mol. The van der Waals surface area contributed by atoms with Crippen LogP contribution in [0.1, 0.15) is 35.7 Å². The first-order valence-electron chi connectivity index (χ1n) is 5.92. The van der Waals surface area contributed by atoms with Crippen LogP contribution in [0.5, 0.6) is 0 Å². The molecule has 1 atom stereocenters. The number of aromatic carboxylic acids is 1. The first-order valence-corrected chi connectivity index (χ1v) is 5.92. The zero-order valence-corrected chi connectivity index (χ0v) is 10.9. The molecule has 0 amide bonds. The minimum atomic E-state index is -0.976. The lowest BCUT2D eigenvalue weighted by Gasteiger charge is -2.19. The number of rotatable bonds is 6. The lowest BCUT2D eigenvalue weighted by atomic mass is 10.2. The zero-order valence-electron chi connectivity index (χ0n) is 10.9. The van der Waals surface area contributed by atoms with Gasteiger partial charge in [-0.05, 0) is 26.5 Å². The highest BCUT2D eigenvalue weighted by atomic mass is 16.4. The summed E-state index contributed by atoms with van der Waals surface area (Å²) in [6, 6.07) is 3.74. The fourth-order valence-corrected chi connectivity index (χ4v) is 1.79. The van der Waals surface area contributed by atoms with Gasteiger partial charge in [-0.2, -0.15) is 5.26 Å². The second kappa shape index (κ2) is 6.22. The van der Waals surface area contributed by atoms with Crippen molar-refractivity contribution in [2.75, 3.05) is 13.1 Å². The Balaban J connectivity index is 2.74. The van der Waals surface area contributed by atoms with Crippen molar-refractivity contribution in [3.8, 4) is 6.07 Å².